The van der Waals surface area contributed by atoms with Gasteiger partial charge in [-0.2, -0.15) is 10.4 Å². The molecular weight excluding hydrogens is 296 g/mol. The molecule has 3 aliphatic carbocycles. The zero-order valence-corrected chi connectivity index (χ0v) is 13.7. The van der Waals surface area contributed by atoms with E-state index in [9.17, 15) is 5.26 Å². The van der Waals surface area contributed by atoms with E-state index in [0.717, 1.165) is 12.1 Å². The summed E-state index contributed by atoms with van der Waals surface area (Å²) in [6, 6.07) is 4.74. The Morgan fingerprint density at radius 3 is 3.00 bits per heavy atom. The molecule has 3 aliphatic rings. The van der Waals surface area contributed by atoms with E-state index in [4.69, 9.17) is 5.10 Å². The average molecular weight is 316 g/mol. The number of nitriles is 1. The van der Waals surface area contributed by atoms with Crippen molar-refractivity contribution in [3.05, 3.63) is 41.5 Å². The summed E-state index contributed by atoms with van der Waals surface area (Å²) in [5, 5.41) is 14.2. The number of hydrogen-bond acceptors (Lipinski definition) is 3. The van der Waals surface area contributed by atoms with Gasteiger partial charge in [0.1, 0.15) is 0 Å². The molecule has 4 heteroatoms. The maximum absolute atomic E-state index is 9.30. The Morgan fingerprint density at radius 2 is 2.17 bits per heavy atom. The lowest BCUT2D eigenvalue weighted by molar-refractivity contribution is 0.313. The fraction of sp³-hybridized carbons (Fsp3) is 0.450. The maximum Gasteiger partial charge on any atom is 0.0712 e. The minimum Gasteiger partial charge on any atom is -0.267 e. The second-order valence-corrected chi connectivity index (χ2v) is 7.27. The van der Waals surface area contributed by atoms with Crippen LogP contribution in [0.25, 0.3) is 17.2 Å². The minimum atomic E-state index is 0.227. The molecular formula is C20H20N4. The predicted octanol–water partition coefficient (Wildman–Crippen LogP) is 4.26. The smallest absolute Gasteiger partial charge is 0.0712 e. The fourth-order valence-electron chi connectivity index (χ4n) is 4.82. The van der Waals surface area contributed by atoms with Crippen LogP contribution in [0.3, 0.4) is 0 Å². The summed E-state index contributed by atoms with van der Waals surface area (Å²) in [6.07, 6.45) is 15.0. The standard InChI is InChI=1S/C20H20N4/c21-9-7-19(13-3-1-2-4-13)24-12-16-15-8-10-22-17-6-5-14(20(15)17)11-18(16)23-24/h5-6,8,10,12-14,19H,1-4,7,11H2. The van der Waals surface area contributed by atoms with Gasteiger partial charge >= 0.3 is 0 Å². The molecule has 0 bridgehead atoms. The number of pyridine rings is 1. The van der Waals surface area contributed by atoms with Crippen molar-refractivity contribution in [2.75, 3.05) is 0 Å². The number of hydrogen-bond donors (Lipinski definition) is 0. The Balaban J connectivity index is 1.58. The molecule has 5 rings (SSSR count). The second kappa shape index (κ2) is 5.31. The van der Waals surface area contributed by atoms with Crippen LogP contribution in [0.2, 0.25) is 0 Å². The maximum atomic E-state index is 9.30. The zero-order valence-electron chi connectivity index (χ0n) is 13.7. The topological polar surface area (TPSA) is 54.5 Å². The molecule has 0 aliphatic heterocycles. The van der Waals surface area contributed by atoms with Gasteiger partial charge in [-0.15, -0.1) is 0 Å². The van der Waals surface area contributed by atoms with Crippen LogP contribution in [0.5, 0.6) is 0 Å². The van der Waals surface area contributed by atoms with Crippen molar-refractivity contribution >= 4 is 6.08 Å². The monoisotopic (exact) mass is 316 g/mol. The molecule has 1 saturated carbocycles. The highest BCUT2D eigenvalue weighted by Gasteiger charge is 2.33. The van der Waals surface area contributed by atoms with Gasteiger partial charge in [0.05, 0.1) is 29.9 Å². The molecule has 2 aromatic heterocycles. The molecule has 0 saturated heterocycles. The quantitative estimate of drug-likeness (QED) is 0.850. The Kier molecular flexibility index (Phi) is 3.09. The van der Waals surface area contributed by atoms with Gasteiger partial charge in [-0.1, -0.05) is 18.9 Å². The van der Waals surface area contributed by atoms with Crippen molar-refractivity contribution in [3.63, 3.8) is 0 Å². The lowest BCUT2D eigenvalue weighted by atomic mass is 9.84. The van der Waals surface area contributed by atoms with E-state index < -0.39 is 0 Å². The van der Waals surface area contributed by atoms with Gasteiger partial charge in [-0.3, -0.25) is 9.67 Å². The molecule has 2 unspecified atom stereocenters. The Hall–Kier alpha value is -2.41. The first kappa shape index (κ1) is 14.0. The van der Waals surface area contributed by atoms with Crippen molar-refractivity contribution in [1.29, 1.82) is 5.26 Å². The van der Waals surface area contributed by atoms with E-state index in [1.54, 1.807) is 0 Å². The van der Waals surface area contributed by atoms with Crippen molar-refractivity contribution in [2.24, 2.45) is 5.92 Å². The van der Waals surface area contributed by atoms with Gasteiger partial charge < -0.3 is 0 Å². The van der Waals surface area contributed by atoms with Crippen LogP contribution in [-0.2, 0) is 6.42 Å². The lowest BCUT2D eigenvalue weighted by Gasteiger charge is -2.21. The van der Waals surface area contributed by atoms with E-state index in [1.807, 2.05) is 6.20 Å². The highest BCUT2D eigenvalue weighted by atomic mass is 15.3. The first-order valence-corrected chi connectivity index (χ1v) is 8.97. The van der Waals surface area contributed by atoms with Crippen molar-refractivity contribution < 1.29 is 0 Å². The third-order valence-corrected chi connectivity index (χ3v) is 5.97. The third kappa shape index (κ3) is 1.97. The zero-order chi connectivity index (χ0) is 16.1. The molecule has 0 aromatic carbocycles. The molecule has 0 amide bonds. The van der Waals surface area contributed by atoms with Crippen LogP contribution in [0, 0.1) is 17.2 Å². The average Bonchev–Trinajstić information content (AvgIpc) is 3.33. The van der Waals surface area contributed by atoms with E-state index >= 15 is 0 Å². The Bertz CT molecular complexity index is 864. The highest BCUT2D eigenvalue weighted by Crippen LogP contribution is 2.45. The summed E-state index contributed by atoms with van der Waals surface area (Å²) < 4.78 is 2.11. The number of rotatable bonds is 3. The molecule has 24 heavy (non-hydrogen) atoms. The first-order valence-electron chi connectivity index (χ1n) is 8.97. The summed E-state index contributed by atoms with van der Waals surface area (Å²) >= 11 is 0. The summed E-state index contributed by atoms with van der Waals surface area (Å²) in [5.74, 6) is 1.02. The predicted molar refractivity (Wildman–Crippen MR) is 92.2 cm³/mol. The molecule has 2 aromatic rings. The minimum absolute atomic E-state index is 0.227. The number of fused-ring (bicyclic) bond motifs is 2. The lowest BCUT2D eigenvalue weighted by Crippen LogP contribution is -2.18. The summed E-state index contributed by atoms with van der Waals surface area (Å²) in [5.41, 5.74) is 6.18. The molecule has 2 heterocycles. The Morgan fingerprint density at radius 1 is 1.29 bits per heavy atom. The van der Waals surface area contributed by atoms with E-state index in [2.05, 4.69) is 40.2 Å². The molecule has 120 valence electrons. The van der Waals surface area contributed by atoms with E-state index in [1.165, 1.54) is 48.1 Å². The second-order valence-electron chi connectivity index (χ2n) is 7.27. The van der Waals surface area contributed by atoms with Crippen molar-refractivity contribution in [2.45, 2.75) is 50.5 Å². The van der Waals surface area contributed by atoms with Crippen LogP contribution >= 0.6 is 0 Å². The van der Waals surface area contributed by atoms with Crippen LogP contribution in [0.15, 0.2) is 24.5 Å². The number of allylic oxidation sites excluding steroid dienone is 1. The molecule has 0 radical (unpaired) electrons. The van der Waals surface area contributed by atoms with Crippen LogP contribution in [-0.4, -0.2) is 14.8 Å². The number of aromatic nitrogens is 3. The third-order valence-electron chi connectivity index (χ3n) is 5.97. The fourth-order valence-corrected chi connectivity index (χ4v) is 4.82. The molecule has 4 nitrogen and oxygen atoms in total. The van der Waals surface area contributed by atoms with Crippen molar-refractivity contribution in [1.82, 2.24) is 14.8 Å². The van der Waals surface area contributed by atoms with Gasteiger partial charge in [-0.05, 0) is 42.0 Å². The first-order chi connectivity index (χ1) is 11.8. The largest absolute Gasteiger partial charge is 0.267 e. The molecule has 1 fully saturated rings. The van der Waals surface area contributed by atoms with Crippen LogP contribution in [0.1, 0.15) is 61.0 Å². The highest BCUT2D eigenvalue weighted by molar-refractivity contribution is 5.79. The van der Waals surface area contributed by atoms with Gasteiger partial charge in [0.25, 0.3) is 0 Å². The van der Waals surface area contributed by atoms with Gasteiger partial charge in [0, 0.05) is 30.3 Å². The molecule has 0 N–H and O–H groups in total. The number of nitrogens with zero attached hydrogens (tertiary/aromatic N) is 4. The van der Waals surface area contributed by atoms with Crippen molar-refractivity contribution in [3.8, 4) is 17.2 Å². The summed E-state index contributed by atoms with van der Waals surface area (Å²) in [6.45, 7) is 0. The van der Waals surface area contributed by atoms with E-state index in [0.29, 0.717) is 18.3 Å². The molecule has 0 spiro atoms. The van der Waals surface area contributed by atoms with Crippen LogP contribution < -0.4 is 0 Å². The summed E-state index contributed by atoms with van der Waals surface area (Å²) in [7, 11) is 0. The van der Waals surface area contributed by atoms with E-state index in [-0.39, 0.29) is 6.04 Å². The Labute approximate surface area is 141 Å². The van der Waals surface area contributed by atoms with Gasteiger partial charge in [0.15, 0.2) is 0 Å². The summed E-state index contributed by atoms with van der Waals surface area (Å²) in [4.78, 5) is 4.50. The van der Waals surface area contributed by atoms with Crippen LogP contribution in [0.4, 0.5) is 0 Å². The van der Waals surface area contributed by atoms with Gasteiger partial charge in [0.2, 0.25) is 0 Å². The SMILES string of the molecule is N#CCC(C1CCCC1)n1cc2c(n1)CC1C=Cc3nccc-2c31. The molecule has 2 atom stereocenters. The normalized spacial score (nSPS) is 22.2. The van der Waals surface area contributed by atoms with Gasteiger partial charge in [-0.25, -0.2) is 0 Å².